The van der Waals surface area contributed by atoms with E-state index in [1.165, 1.54) is 0 Å². The van der Waals surface area contributed by atoms with Gasteiger partial charge in [-0.25, -0.2) is 0 Å². The zero-order valence-electron chi connectivity index (χ0n) is 10.3. The van der Waals surface area contributed by atoms with Crippen molar-refractivity contribution in [3.63, 3.8) is 0 Å². The fourth-order valence-corrected chi connectivity index (χ4v) is 2.01. The van der Waals surface area contributed by atoms with E-state index in [-0.39, 0.29) is 6.04 Å². The Morgan fingerprint density at radius 3 is 2.69 bits per heavy atom. The quantitative estimate of drug-likeness (QED) is 0.637. The highest BCUT2D eigenvalue weighted by atomic mass is 16.5. The summed E-state index contributed by atoms with van der Waals surface area (Å²) in [6.07, 6.45) is 4.38. The van der Waals surface area contributed by atoms with Crippen LogP contribution in [0.5, 0.6) is 0 Å². The predicted octanol–water partition coefficient (Wildman–Crippen LogP) is 1.18. The van der Waals surface area contributed by atoms with Gasteiger partial charge in [-0.15, -0.1) is 0 Å². The molecule has 0 radical (unpaired) electrons. The van der Waals surface area contributed by atoms with Crippen molar-refractivity contribution in [2.75, 3.05) is 40.1 Å². The molecule has 16 heavy (non-hydrogen) atoms. The lowest BCUT2D eigenvalue weighted by atomic mass is 9.92. The van der Waals surface area contributed by atoms with Crippen LogP contribution in [-0.2, 0) is 14.2 Å². The number of hydrogen-bond acceptors (Lipinski definition) is 4. The second-order valence-electron chi connectivity index (χ2n) is 4.45. The standard InChI is InChI=1S/C12H25NO3/c1-14-8-9-16-7-4-12(13)10-11-2-5-15-6-3-11/h11-12H,2-10,13H2,1H3. The highest BCUT2D eigenvalue weighted by molar-refractivity contribution is 4.70. The summed E-state index contributed by atoms with van der Waals surface area (Å²) in [6, 6.07) is 0.269. The largest absolute Gasteiger partial charge is 0.382 e. The normalized spacial score (nSPS) is 19.9. The first-order valence-electron chi connectivity index (χ1n) is 6.23. The van der Waals surface area contributed by atoms with Crippen molar-refractivity contribution in [1.29, 1.82) is 0 Å². The summed E-state index contributed by atoms with van der Waals surface area (Å²) in [6.45, 7) is 3.88. The Labute approximate surface area is 98.4 Å². The Morgan fingerprint density at radius 2 is 2.00 bits per heavy atom. The molecule has 1 saturated heterocycles. The number of hydrogen-bond donors (Lipinski definition) is 1. The molecule has 1 unspecified atom stereocenters. The molecule has 0 aromatic heterocycles. The zero-order chi connectivity index (χ0) is 11.6. The maximum absolute atomic E-state index is 6.07. The predicted molar refractivity (Wildman–Crippen MR) is 63.4 cm³/mol. The minimum absolute atomic E-state index is 0.269. The lowest BCUT2D eigenvalue weighted by Gasteiger charge is -2.24. The fourth-order valence-electron chi connectivity index (χ4n) is 2.01. The molecule has 4 heteroatoms. The van der Waals surface area contributed by atoms with Gasteiger partial charge < -0.3 is 19.9 Å². The van der Waals surface area contributed by atoms with Crippen LogP contribution >= 0.6 is 0 Å². The van der Waals surface area contributed by atoms with Crippen molar-refractivity contribution >= 4 is 0 Å². The molecular formula is C12H25NO3. The lowest BCUT2D eigenvalue weighted by molar-refractivity contribution is 0.0540. The summed E-state index contributed by atoms with van der Waals surface area (Å²) in [4.78, 5) is 0. The van der Waals surface area contributed by atoms with Gasteiger partial charge in [-0.05, 0) is 31.6 Å². The molecule has 96 valence electrons. The SMILES string of the molecule is COCCOCCC(N)CC1CCOCC1. The molecule has 0 aromatic rings. The molecule has 1 rings (SSSR count). The molecular weight excluding hydrogens is 206 g/mol. The van der Waals surface area contributed by atoms with Gasteiger partial charge in [0.15, 0.2) is 0 Å². The highest BCUT2D eigenvalue weighted by Gasteiger charge is 2.16. The van der Waals surface area contributed by atoms with E-state index in [1.807, 2.05) is 0 Å². The Balaban J connectivity index is 1.95. The molecule has 2 N–H and O–H groups in total. The molecule has 0 amide bonds. The Hall–Kier alpha value is -0.160. The molecule has 0 aliphatic carbocycles. The van der Waals surface area contributed by atoms with E-state index in [9.17, 15) is 0 Å². The molecule has 0 aromatic carbocycles. The third-order valence-electron chi connectivity index (χ3n) is 3.04. The summed E-state index contributed by atoms with van der Waals surface area (Å²) >= 11 is 0. The molecule has 0 saturated carbocycles. The van der Waals surface area contributed by atoms with Crippen molar-refractivity contribution in [2.24, 2.45) is 11.7 Å². The van der Waals surface area contributed by atoms with Gasteiger partial charge in [0.25, 0.3) is 0 Å². The Bertz CT molecular complexity index is 160. The van der Waals surface area contributed by atoms with Gasteiger partial charge in [0, 0.05) is 33.0 Å². The van der Waals surface area contributed by atoms with Crippen molar-refractivity contribution in [1.82, 2.24) is 0 Å². The maximum Gasteiger partial charge on any atom is 0.0700 e. The van der Waals surface area contributed by atoms with Crippen molar-refractivity contribution < 1.29 is 14.2 Å². The van der Waals surface area contributed by atoms with Crippen LogP contribution in [0, 0.1) is 5.92 Å². The van der Waals surface area contributed by atoms with Crippen LogP contribution in [0.3, 0.4) is 0 Å². The number of rotatable bonds is 8. The first-order valence-corrected chi connectivity index (χ1v) is 6.23. The lowest BCUT2D eigenvalue weighted by Crippen LogP contribution is -2.28. The van der Waals surface area contributed by atoms with Crippen molar-refractivity contribution in [3.8, 4) is 0 Å². The van der Waals surface area contributed by atoms with Gasteiger partial charge in [-0.1, -0.05) is 0 Å². The highest BCUT2D eigenvalue weighted by Crippen LogP contribution is 2.20. The van der Waals surface area contributed by atoms with E-state index >= 15 is 0 Å². The first-order chi connectivity index (χ1) is 7.83. The van der Waals surface area contributed by atoms with Crippen LogP contribution < -0.4 is 5.73 Å². The summed E-state index contributed by atoms with van der Waals surface area (Å²) in [5.74, 6) is 0.753. The van der Waals surface area contributed by atoms with E-state index in [1.54, 1.807) is 7.11 Å². The smallest absolute Gasteiger partial charge is 0.0700 e. The second-order valence-corrected chi connectivity index (χ2v) is 4.45. The summed E-state index contributed by atoms with van der Waals surface area (Å²) in [5.41, 5.74) is 6.07. The van der Waals surface area contributed by atoms with Gasteiger partial charge in [0.2, 0.25) is 0 Å². The van der Waals surface area contributed by atoms with E-state index in [4.69, 9.17) is 19.9 Å². The molecule has 1 heterocycles. The van der Waals surface area contributed by atoms with E-state index in [0.717, 1.165) is 51.4 Å². The monoisotopic (exact) mass is 231 g/mol. The number of ether oxygens (including phenoxy) is 3. The topological polar surface area (TPSA) is 53.7 Å². The summed E-state index contributed by atoms with van der Waals surface area (Å²) in [5, 5.41) is 0. The van der Waals surface area contributed by atoms with Crippen LogP contribution in [-0.4, -0.2) is 46.2 Å². The average Bonchev–Trinajstić information content (AvgIpc) is 2.30. The van der Waals surface area contributed by atoms with Gasteiger partial charge >= 0.3 is 0 Å². The number of methoxy groups -OCH3 is 1. The Kier molecular flexibility index (Phi) is 7.76. The van der Waals surface area contributed by atoms with Gasteiger partial charge in [-0.3, -0.25) is 0 Å². The summed E-state index contributed by atoms with van der Waals surface area (Å²) < 4.78 is 15.6. The average molecular weight is 231 g/mol. The Morgan fingerprint density at radius 1 is 1.25 bits per heavy atom. The van der Waals surface area contributed by atoms with Crippen LogP contribution in [0.2, 0.25) is 0 Å². The van der Waals surface area contributed by atoms with E-state index in [2.05, 4.69) is 0 Å². The van der Waals surface area contributed by atoms with Crippen molar-refractivity contribution in [2.45, 2.75) is 31.7 Å². The molecule has 1 atom stereocenters. The minimum atomic E-state index is 0.269. The van der Waals surface area contributed by atoms with Crippen LogP contribution in [0.25, 0.3) is 0 Å². The van der Waals surface area contributed by atoms with Gasteiger partial charge in [0.05, 0.1) is 13.2 Å². The van der Waals surface area contributed by atoms with Crippen LogP contribution in [0.1, 0.15) is 25.7 Å². The second kappa shape index (κ2) is 8.93. The molecule has 1 fully saturated rings. The van der Waals surface area contributed by atoms with Crippen LogP contribution in [0.15, 0.2) is 0 Å². The van der Waals surface area contributed by atoms with Gasteiger partial charge in [-0.2, -0.15) is 0 Å². The van der Waals surface area contributed by atoms with Gasteiger partial charge in [0.1, 0.15) is 0 Å². The maximum atomic E-state index is 6.07. The minimum Gasteiger partial charge on any atom is -0.382 e. The third kappa shape index (κ3) is 6.43. The molecule has 1 aliphatic rings. The zero-order valence-corrected chi connectivity index (χ0v) is 10.3. The first kappa shape index (κ1) is 13.9. The third-order valence-corrected chi connectivity index (χ3v) is 3.04. The fraction of sp³-hybridized carbons (Fsp3) is 1.00. The molecule has 1 aliphatic heterocycles. The van der Waals surface area contributed by atoms with E-state index < -0.39 is 0 Å². The van der Waals surface area contributed by atoms with E-state index in [0.29, 0.717) is 13.2 Å². The number of nitrogens with two attached hydrogens (primary N) is 1. The molecule has 0 spiro atoms. The van der Waals surface area contributed by atoms with Crippen LogP contribution in [0.4, 0.5) is 0 Å². The molecule has 4 nitrogen and oxygen atoms in total. The van der Waals surface area contributed by atoms with Crippen molar-refractivity contribution in [3.05, 3.63) is 0 Å². The molecule has 0 bridgehead atoms. The summed E-state index contributed by atoms with van der Waals surface area (Å²) in [7, 11) is 1.68.